The Labute approximate surface area is 191 Å². The van der Waals surface area contributed by atoms with Crippen molar-refractivity contribution >= 4 is 5.91 Å². The summed E-state index contributed by atoms with van der Waals surface area (Å²) < 4.78 is 21.1. The number of rotatable bonds is 4. The minimum absolute atomic E-state index is 0.0907. The first kappa shape index (κ1) is 21.5. The molecule has 0 N–H and O–H groups in total. The molecule has 1 unspecified atom stereocenters. The van der Waals surface area contributed by atoms with Crippen LogP contribution in [0, 0.1) is 18.7 Å². The number of fused-ring (bicyclic) bond motifs is 1. The molecule has 1 saturated heterocycles. The molecule has 1 aromatic carbocycles. The molecule has 0 radical (unpaired) electrons. The number of benzene rings is 1. The van der Waals surface area contributed by atoms with Crippen molar-refractivity contribution in [1.82, 2.24) is 14.5 Å². The molecule has 2 aliphatic rings. The monoisotopic (exact) mass is 447 g/mol. The number of halogens is 1. The summed E-state index contributed by atoms with van der Waals surface area (Å²) in [4.78, 5) is 32.7. The summed E-state index contributed by atoms with van der Waals surface area (Å²) in [6.45, 7) is 4.21. The van der Waals surface area contributed by atoms with Gasteiger partial charge in [-0.25, -0.2) is 4.39 Å². The average Bonchev–Trinajstić information content (AvgIpc) is 3.37. The molecule has 1 amide bonds. The summed E-state index contributed by atoms with van der Waals surface area (Å²) in [6.07, 6.45) is 4.82. The Balaban J connectivity index is 1.58. The van der Waals surface area contributed by atoms with Crippen LogP contribution in [0.1, 0.15) is 28.8 Å². The Morgan fingerprint density at radius 2 is 2.15 bits per heavy atom. The van der Waals surface area contributed by atoms with Crippen LogP contribution < -0.4 is 5.56 Å². The molecule has 1 fully saturated rings. The Bertz CT molecular complexity index is 1250. The molecule has 2 aliphatic heterocycles. The molecule has 5 rings (SSSR count). The highest BCUT2D eigenvalue weighted by molar-refractivity contribution is 5.79. The molecular formula is C26H26FN3O3. The zero-order valence-corrected chi connectivity index (χ0v) is 18.6. The van der Waals surface area contributed by atoms with Crippen molar-refractivity contribution in [1.29, 1.82) is 0 Å². The molecule has 0 aliphatic carbocycles. The molecule has 0 saturated carbocycles. The number of pyridine rings is 2. The second-order valence-electron chi connectivity index (χ2n) is 8.82. The lowest BCUT2D eigenvalue weighted by molar-refractivity contribution is -0.136. The van der Waals surface area contributed by atoms with Gasteiger partial charge in [0.25, 0.3) is 5.56 Å². The van der Waals surface area contributed by atoms with Crippen molar-refractivity contribution < 1.29 is 13.9 Å². The van der Waals surface area contributed by atoms with Crippen molar-refractivity contribution in [2.75, 3.05) is 19.8 Å². The maximum Gasteiger partial charge on any atom is 0.258 e. The van der Waals surface area contributed by atoms with Crippen molar-refractivity contribution in [3.05, 3.63) is 87.3 Å². The summed E-state index contributed by atoms with van der Waals surface area (Å²) in [5.41, 5.74) is 4.38. The van der Waals surface area contributed by atoms with E-state index in [1.54, 1.807) is 36.0 Å². The van der Waals surface area contributed by atoms with Crippen molar-refractivity contribution in [2.24, 2.45) is 5.92 Å². The second-order valence-corrected chi connectivity index (χ2v) is 8.82. The van der Waals surface area contributed by atoms with Gasteiger partial charge in [-0.2, -0.15) is 0 Å². The number of amides is 1. The van der Waals surface area contributed by atoms with Gasteiger partial charge >= 0.3 is 0 Å². The second kappa shape index (κ2) is 8.90. The van der Waals surface area contributed by atoms with Crippen LogP contribution in [0.4, 0.5) is 4.39 Å². The number of carbonyl (C=O) groups is 1. The van der Waals surface area contributed by atoms with Crippen LogP contribution in [0.5, 0.6) is 0 Å². The number of carbonyl (C=O) groups excluding carboxylic acids is 1. The first-order valence-corrected chi connectivity index (χ1v) is 11.3. The van der Waals surface area contributed by atoms with Crippen molar-refractivity contribution in [3.8, 4) is 11.1 Å². The van der Waals surface area contributed by atoms with Crippen molar-refractivity contribution in [2.45, 2.75) is 32.9 Å². The van der Waals surface area contributed by atoms with Gasteiger partial charge in [-0.15, -0.1) is 0 Å². The third kappa shape index (κ3) is 4.20. The van der Waals surface area contributed by atoms with E-state index in [4.69, 9.17) is 4.74 Å². The summed E-state index contributed by atoms with van der Waals surface area (Å²) in [5, 5.41) is 0. The van der Waals surface area contributed by atoms with Gasteiger partial charge in [-0.3, -0.25) is 14.6 Å². The first-order chi connectivity index (χ1) is 16.0. The minimum atomic E-state index is -0.303. The van der Waals surface area contributed by atoms with Crippen LogP contribution in [0.2, 0.25) is 0 Å². The molecule has 0 bridgehead atoms. The molecule has 7 heteroatoms. The van der Waals surface area contributed by atoms with Crippen LogP contribution >= 0.6 is 0 Å². The molecule has 2 aromatic heterocycles. The van der Waals surface area contributed by atoms with E-state index in [0.717, 1.165) is 23.2 Å². The van der Waals surface area contributed by atoms with E-state index in [-0.39, 0.29) is 23.2 Å². The van der Waals surface area contributed by atoms with Crippen LogP contribution in [-0.4, -0.2) is 40.1 Å². The zero-order chi connectivity index (χ0) is 22.9. The SMILES string of the molecule is Cc1cc(-c2cc3c(n(Cc4cccnc4)c2=O)CCN(C(=O)C2CCOC2)C3)ccc1F. The highest BCUT2D eigenvalue weighted by Crippen LogP contribution is 2.27. The number of ether oxygens (including phenoxy) is 1. The fourth-order valence-corrected chi connectivity index (χ4v) is 4.75. The van der Waals surface area contributed by atoms with Crippen LogP contribution in [0.3, 0.4) is 0 Å². The molecule has 6 nitrogen and oxygen atoms in total. The summed E-state index contributed by atoms with van der Waals surface area (Å²) in [7, 11) is 0. The largest absolute Gasteiger partial charge is 0.381 e. The van der Waals surface area contributed by atoms with E-state index in [1.165, 1.54) is 6.07 Å². The number of hydrogen-bond donors (Lipinski definition) is 0. The molecule has 33 heavy (non-hydrogen) atoms. The normalized spacial score (nSPS) is 17.8. The van der Waals surface area contributed by atoms with Gasteiger partial charge in [0.15, 0.2) is 0 Å². The number of aromatic nitrogens is 2. The fourth-order valence-electron chi connectivity index (χ4n) is 4.75. The van der Waals surface area contributed by atoms with Gasteiger partial charge in [0.2, 0.25) is 5.91 Å². The maximum atomic E-state index is 13.9. The highest BCUT2D eigenvalue weighted by atomic mass is 19.1. The highest BCUT2D eigenvalue weighted by Gasteiger charge is 2.31. The molecule has 1 atom stereocenters. The van der Waals surface area contributed by atoms with E-state index in [9.17, 15) is 14.0 Å². The summed E-state index contributed by atoms with van der Waals surface area (Å²) in [6, 6.07) is 10.4. The average molecular weight is 448 g/mol. The summed E-state index contributed by atoms with van der Waals surface area (Å²) in [5.74, 6) is -0.280. The van der Waals surface area contributed by atoms with E-state index in [1.807, 2.05) is 23.1 Å². The third-order valence-corrected chi connectivity index (χ3v) is 6.59. The Morgan fingerprint density at radius 1 is 1.27 bits per heavy atom. The summed E-state index contributed by atoms with van der Waals surface area (Å²) >= 11 is 0. The van der Waals surface area contributed by atoms with E-state index >= 15 is 0 Å². The number of hydrogen-bond acceptors (Lipinski definition) is 4. The van der Waals surface area contributed by atoms with Gasteiger partial charge in [0, 0.05) is 49.8 Å². The Hall–Kier alpha value is -3.32. The predicted octanol–water partition coefficient (Wildman–Crippen LogP) is 3.33. The lowest BCUT2D eigenvalue weighted by Crippen LogP contribution is -2.42. The van der Waals surface area contributed by atoms with Gasteiger partial charge in [0.1, 0.15) is 5.82 Å². The molecule has 170 valence electrons. The molecule has 4 heterocycles. The fraction of sp³-hybridized carbons (Fsp3) is 0.346. The van der Waals surface area contributed by atoms with Gasteiger partial charge < -0.3 is 14.2 Å². The Kier molecular flexibility index (Phi) is 5.81. The number of aryl methyl sites for hydroxylation is 1. The Morgan fingerprint density at radius 3 is 2.88 bits per heavy atom. The standard InChI is InChI=1S/C26H26FN3O3/c1-17-11-19(4-5-23(17)27)22-12-21-15-29(25(31)20-7-10-33-16-20)9-6-24(21)30(26(22)32)14-18-3-2-8-28-13-18/h2-5,8,11-13,20H,6-7,9-10,14-16H2,1H3. The molecule has 0 spiro atoms. The van der Waals surface area contributed by atoms with Crippen LogP contribution in [-0.2, 0) is 29.0 Å². The smallest absolute Gasteiger partial charge is 0.258 e. The van der Waals surface area contributed by atoms with E-state index in [0.29, 0.717) is 56.0 Å². The van der Waals surface area contributed by atoms with Crippen LogP contribution in [0.25, 0.3) is 11.1 Å². The quantitative estimate of drug-likeness (QED) is 0.616. The third-order valence-electron chi connectivity index (χ3n) is 6.59. The topological polar surface area (TPSA) is 64.4 Å². The molecular weight excluding hydrogens is 421 g/mol. The lowest BCUT2D eigenvalue weighted by atomic mass is 9.96. The maximum absolute atomic E-state index is 13.9. The van der Waals surface area contributed by atoms with Gasteiger partial charge in [-0.05, 0) is 59.9 Å². The predicted molar refractivity (Wildman–Crippen MR) is 122 cm³/mol. The van der Waals surface area contributed by atoms with Gasteiger partial charge in [0.05, 0.1) is 19.1 Å². The van der Waals surface area contributed by atoms with E-state index in [2.05, 4.69) is 4.98 Å². The van der Waals surface area contributed by atoms with E-state index < -0.39 is 0 Å². The lowest BCUT2D eigenvalue weighted by Gasteiger charge is -2.32. The minimum Gasteiger partial charge on any atom is -0.381 e. The van der Waals surface area contributed by atoms with Crippen molar-refractivity contribution in [3.63, 3.8) is 0 Å². The first-order valence-electron chi connectivity index (χ1n) is 11.3. The number of nitrogens with zero attached hydrogens (tertiary/aromatic N) is 3. The molecule has 3 aromatic rings. The van der Waals surface area contributed by atoms with Gasteiger partial charge in [-0.1, -0.05) is 12.1 Å². The van der Waals surface area contributed by atoms with Crippen LogP contribution in [0.15, 0.2) is 53.6 Å². The zero-order valence-electron chi connectivity index (χ0n) is 18.6.